The predicted octanol–water partition coefficient (Wildman–Crippen LogP) is 2.43. The molecule has 1 unspecified atom stereocenters. The Morgan fingerprint density at radius 3 is 2.43 bits per heavy atom. The zero-order chi connectivity index (χ0) is 15.4. The van der Waals surface area contributed by atoms with Gasteiger partial charge < -0.3 is 24.5 Å². The van der Waals surface area contributed by atoms with Gasteiger partial charge in [0.15, 0.2) is 11.5 Å². The second-order valence-electron chi connectivity index (χ2n) is 4.38. The maximum Gasteiger partial charge on any atom is 0.260 e. The first-order chi connectivity index (χ1) is 10.1. The van der Waals surface area contributed by atoms with Crippen LogP contribution in [0.5, 0.6) is 11.5 Å². The lowest BCUT2D eigenvalue weighted by atomic mass is 10.1. The molecular formula is C14H19N3O4. The van der Waals surface area contributed by atoms with Gasteiger partial charge >= 0.3 is 0 Å². The topological polar surface area (TPSA) is 92.6 Å². The van der Waals surface area contributed by atoms with Crippen molar-refractivity contribution in [1.29, 1.82) is 0 Å². The summed E-state index contributed by atoms with van der Waals surface area (Å²) >= 11 is 0. The summed E-state index contributed by atoms with van der Waals surface area (Å²) in [5.74, 6) is 1.89. The molecule has 0 amide bonds. The number of anilines is 1. The van der Waals surface area contributed by atoms with Crippen LogP contribution in [0, 0.1) is 0 Å². The number of nitrogens with zero attached hydrogens (tertiary/aromatic N) is 2. The van der Waals surface area contributed by atoms with Crippen molar-refractivity contribution < 1.29 is 18.7 Å². The highest BCUT2D eigenvalue weighted by Gasteiger charge is 2.20. The standard InChI is InChI=1S/C14H19N3O4/c1-5-10(18-2)13-16-14(21-17-13)8-6-11(19-3)12(20-4)7-9(8)15/h6-7,10H,5,15H2,1-4H3. The zero-order valence-electron chi connectivity index (χ0n) is 12.5. The van der Waals surface area contributed by atoms with Crippen LogP contribution >= 0.6 is 0 Å². The first-order valence-corrected chi connectivity index (χ1v) is 6.52. The van der Waals surface area contributed by atoms with Gasteiger partial charge in [-0.3, -0.25) is 0 Å². The van der Waals surface area contributed by atoms with E-state index in [0.29, 0.717) is 34.5 Å². The Hall–Kier alpha value is -2.28. The summed E-state index contributed by atoms with van der Waals surface area (Å²) in [4.78, 5) is 4.34. The number of rotatable bonds is 6. The minimum Gasteiger partial charge on any atom is -0.493 e. The third-order valence-electron chi connectivity index (χ3n) is 3.17. The number of methoxy groups -OCH3 is 3. The number of nitrogen functional groups attached to an aromatic ring is 1. The fourth-order valence-corrected chi connectivity index (χ4v) is 2.01. The summed E-state index contributed by atoms with van der Waals surface area (Å²) in [6.07, 6.45) is 0.542. The Balaban J connectivity index is 2.42. The monoisotopic (exact) mass is 293 g/mol. The van der Waals surface area contributed by atoms with Crippen LogP contribution in [0.1, 0.15) is 25.3 Å². The third kappa shape index (κ3) is 2.92. The normalized spacial score (nSPS) is 12.2. The van der Waals surface area contributed by atoms with Gasteiger partial charge in [0.05, 0.1) is 19.8 Å². The Morgan fingerprint density at radius 2 is 1.86 bits per heavy atom. The third-order valence-corrected chi connectivity index (χ3v) is 3.17. The summed E-state index contributed by atoms with van der Waals surface area (Å²) in [6.45, 7) is 1.98. The average molecular weight is 293 g/mol. The smallest absolute Gasteiger partial charge is 0.260 e. The van der Waals surface area contributed by atoms with E-state index < -0.39 is 0 Å². The number of aromatic nitrogens is 2. The quantitative estimate of drug-likeness (QED) is 0.817. The molecule has 114 valence electrons. The van der Waals surface area contributed by atoms with E-state index in [1.807, 2.05) is 6.92 Å². The van der Waals surface area contributed by atoms with Crippen molar-refractivity contribution >= 4 is 5.69 Å². The van der Waals surface area contributed by atoms with Crippen molar-refractivity contribution in [3.05, 3.63) is 18.0 Å². The van der Waals surface area contributed by atoms with E-state index in [0.717, 1.165) is 6.42 Å². The second-order valence-corrected chi connectivity index (χ2v) is 4.38. The number of benzene rings is 1. The molecular weight excluding hydrogens is 274 g/mol. The first-order valence-electron chi connectivity index (χ1n) is 6.52. The van der Waals surface area contributed by atoms with Crippen molar-refractivity contribution in [1.82, 2.24) is 10.1 Å². The van der Waals surface area contributed by atoms with Crippen LogP contribution in [0.4, 0.5) is 5.69 Å². The molecule has 0 saturated heterocycles. The van der Waals surface area contributed by atoms with E-state index in [9.17, 15) is 0 Å². The molecule has 21 heavy (non-hydrogen) atoms. The molecule has 0 saturated carbocycles. The maximum atomic E-state index is 6.01. The van der Waals surface area contributed by atoms with Gasteiger partial charge in [0.2, 0.25) is 5.82 Å². The van der Waals surface area contributed by atoms with Gasteiger partial charge in [0.25, 0.3) is 5.89 Å². The molecule has 0 radical (unpaired) electrons. The average Bonchev–Trinajstić information content (AvgIpc) is 2.97. The van der Waals surface area contributed by atoms with Crippen LogP contribution in [0.25, 0.3) is 11.5 Å². The lowest BCUT2D eigenvalue weighted by molar-refractivity contribution is 0.0903. The van der Waals surface area contributed by atoms with Crippen molar-refractivity contribution in [2.45, 2.75) is 19.4 Å². The molecule has 7 nitrogen and oxygen atoms in total. The highest BCUT2D eigenvalue weighted by Crippen LogP contribution is 2.37. The Morgan fingerprint density at radius 1 is 1.19 bits per heavy atom. The van der Waals surface area contributed by atoms with E-state index in [2.05, 4.69) is 10.1 Å². The Labute approximate surface area is 123 Å². The Kier molecular flexibility index (Phi) is 4.64. The Bertz CT molecular complexity index is 608. The van der Waals surface area contributed by atoms with Gasteiger partial charge in [-0.2, -0.15) is 4.98 Å². The van der Waals surface area contributed by atoms with Gasteiger partial charge in [-0.1, -0.05) is 12.1 Å². The predicted molar refractivity (Wildman–Crippen MR) is 77.3 cm³/mol. The maximum absolute atomic E-state index is 6.01. The molecule has 1 heterocycles. The number of hydrogen-bond acceptors (Lipinski definition) is 7. The minimum absolute atomic E-state index is 0.205. The SMILES string of the molecule is CCC(OC)c1noc(-c2cc(OC)c(OC)cc2N)n1. The van der Waals surface area contributed by atoms with Gasteiger partial charge in [-0.15, -0.1) is 0 Å². The highest BCUT2D eigenvalue weighted by molar-refractivity contribution is 5.75. The number of hydrogen-bond donors (Lipinski definition) is 1. The van der Waals surface area contributed by atoms with Crippen LogP contribution in [-0.4, -0.2) is 31.5 Å². The summed E-state index contributed by atoms with van der Waals surface area (Å²) in [6, 6.07) is 3.37. The molecule has 7 heteroatoms. The summed E-state index contributed by atoms with van der Waals surface area (Å²) in [5, 5.41) is 3.94. The molecule has 0 aliphatic carbocycles. The molecule has 2 N–H and O–H groups in total. The summed E-state index contributed by atoms with van der Waals surface area (Å²) in [5.41, 5.74) is 7.07. The molecule has 1 atom stereocenters. The minimum atomic E-state index is -0.205. The van der Waals surface area contributed by atoms with E-state index >= 15 is 0 Å². The van der Waals surface area contributed by atoms with Gasteiger partial charge in [-0.05, 0) is 12.5 Å². The van der Waals surface area contributed by atoms with Gasteiger partial charge in [-0.25, -0.2) is 0 Å². The van der Waals surface area contributed by atoms with Crippen molar-refractivity contribution in [2.75, 3.05) is 27.1 Å². The lowest BCUT2D eigenvalue weighted by Crippen LogP contribution is -2.02. The van der Waals surface area contributed by atoms with Crippen LogP contribution in [0.2, 0.25) is 0 Å². The van der Waals surface area contributed by atoms with Crippen molar-refractivity contribution in [3.63, 3.8) is 0 Å². The second kappa shape index (κ2) is 6.45. The van der Waals surface area contributed by atoms with Crippen LogP contribution < -0.4 is 15.2 Å². The molecule has 1 aromatic heterocycles. The molecule has 0 fully saturated rings. The largest absolute Gasteiger partial charge is 0.493 e. The molecule has 0 spiro atoms. The molecule has 0 aliphatic rings. The van der Waals surface area contributed by atoms with E-state index in [1.165, 1.54) is 0 Å². The van der Waals surface area contributed by atoms with E-state index in [-0.39, 0.29) is 6.10 Å². The molecule has 2 aromatic rings. The molecule has 0 bridgehead atoms. The summed E-state index contributed by atoms with van der Waals surface area (Å²) < 4.78 is 21.0. The van der Waals surface area contributed by atoms with Crippen molar-refractivity contribution in [3.8, 4) is 23.0 Å². The van der Waals surface area contributed by atoms with Gasteiger partial charge in [0, 0.05) is 18.9 Å². The fourth-order valence-electron chi connectivity index (χ4n) is 2.01. The van der Waals surface area contributed by atoms with Crippen molar-refractivity contribution in [2.24, 2.45) is 0 Å². The van der Waals surface area contributed by atoms with Crippen LogP contribution in [-0.2, 0) is 4.74 Å². The van der Waals surface area contributed by atoms with Crippen LogP contribution in [0.15, 0.2) is 16.7 Å². The van der Waals surface area contributed by atoms with Crippen LogP contribution in [0.3, 0.4) is 0 Å². The van der Waals surface area contributed by atoms with E-state index in [4.69, 9.17) is 24.5 Å². The number of ether oxygens (including phenoxy) is 3. The molecule has 0 aliphatic heterocycles. The summed E-state index contributed by atoms with van der Waals surface area (Å²) in [7, 11) is 4.70. The van der Waals surface area contributed by atoms with E-state index in [1.54, 1.807) is 33.5 Å². The van der Waals surface area contributed by atoms with Gasteiger partial charge in [0.1, 0.15) is 6.10 Å². The number of nitrogens with two attached hydrogens (primary N) is 1. The lowest BCUT2D eigenvalue weighted by Gasteiger charge is -2.10. The zero-order valence-corrected chi connectivity index (χ0v) is 12.5. The fraction of sp³-hybridized carbons (Fsp3) is 0.429. The highest BCUT2D eigenvalue weighted by atomic mass is 16.5. The first kappa shape index (κ1) is 15.1. The molecule has 2 rings (SSSR count). The molecule has 1 aromatic carbocycles.